The molecule has 0 aliphatic heterocycles. The second-order valence-electron chi connectivity index (χ2n) is 7.71. The van der Waals surface area contributed by atoms with E-state index in [0.717, 1.165) is 0 Å². The molecule has 0 saturated heterocycles. The normalized spacial score (nSPS) is 12.1. The minimum Gasteiger partial charge on any atom is -0.488 e. The number of benzene rings is 1. The van der Waals surface area contributed by atoms with Crippen molar-refractivity contribution in [1.29, 1.82) is 0 Å². The average molecular weight is 411 g/mol. The number of nitrogens with two attached hydrogens (primary N) is 2. The number of carbonyl (C=O) groups excluding carboxylic acids is 3. The molecule has 1 rings (SSSR count). The number of nitrogens with one attached hydrogen (secondary N) is 1. The average Bonchev–Trinajstić information content (AvgIpc) is 2.57. The van der Waals surface area contributed by atoms with Crippen molar-refractivity contribution >= 4 is 17.9 Å². The fraction of sp³-hybridized carbons (Fsp3) is 0.550. The number of hydrogen-bond acceptors (Lipinski definition) is 5. The van der Waals surface area contributed by atoms with Crippen LogP contribution >= 0.6 is 0 Å². The molecule has 0 heterocycles. The van der Waals surface area contributed by atoms with E-state index in [0.29, 0.717) is 18.4 Å². The van der Waals surface area contributed by atoms with Crippen molar-refractivity contribution in [1.82, 2.24) is 5.32 Å². The van der Waals surface area contributed by atoms with Gasteiger partial charge >= 0.3 is 6.09 Å². The van der Waals surface area contributed by atoms with Crippen LogP contribution in [0, 0.1) is 5.82 Å². The SMILES string of the molecule is CC(C)(C)OC(=O)N[C@@H](CCC(N)=O)COc1cccc(CCCC(N)=O)c1F. The quantitative estimate of drug-likeness (QED) is 0.513. The van der Waals surface area contributed by atoms with Gasteiger partial charge in [-0.3, -0.25) is 9.59 Å². The van der Waals surface area contributed by atoms with Crippen LogP contribution in [-0.2, 0) is 20.7 Å². The molecular weight excluding hydrogens is 381 g/mol. The summed E-state index contributed by atoms with van der Waals surface area (Å²) in [4.78, 5) is 33.9. The summed E-state index contributed by atoms with van der Waals surface area (Å²) in [6.07, 6.45) is 0.508. The van der Waals surface area contributed by atoms with Gasteiger partial charge in [-0.15, -0.1) is 0 Å². The molecule has 0 aliphatic carbocycles. The van der Waals surface area contributed by atoms with Crippen molar-refractivity contribution in [2.75, 3.05) is 6.61 Å². The van der Waals surface area contributed by atoms with E-state index < -0.39 is 35.4 Å². The Hall–Kier alpha value is -2.84. The number of halogens is 1. The van der Waals surface area contributed by atoms with Crippen LogP contribution in [0.1, 0.15) is 52.0 Å². The highest BCUT2D eigenvalue weighted by molar-refractivity contribution is 5.74. The first kappa shape index (κ1) is 24.2. The van der Waals surface area contributed by atoms with Crippen molar-refractivity contribution in [3.05, 3.63) is 29.6 Å². The van der Waals surface area contributed by atoms with Crippen molar-refractivity contribution in [2.45, 2.75) is 64.5 Å². The van der Waals surface area contributed by atoms with Gasteiger partial charge in [0.2, 0.25) is 11.8 Å². The molecule has 8 nitrogen and oxygen atoms in total. The fourth-order valence-electron chi connectivity index (χ4n) is 2.49. The molecule has 1 aromatic carbocycles. The highest BCUT2D eigenvalue weighted by atomic mass is 19.1. The van der Waals surface area contributed by atoms with Crippen LogP contribution in [0.4, 0.5) is 9.18 Å². The van der Waals surface area contributed by atoms with Crippen LogP contribution < -0.4 is 21.5 Å². The molecule has 0 spiro atoms. The van der Waals surface area contributed by atoms with Crippen LogP contribution in [0.5, 0.6) is 5.75 Å². The van der Waals surface area contributed by atoms with Crippen molar-refractivity contribution in [3.8, 4) is 5.75 Å². The number of carbonyl (C=O) groups is 3. The zero-order valence-corrected chi connectivity index (χ0v) is 17.1. The maximum Gasteiger partial charge on any atom is 0.407 e. The van der Waals surface area contributed by atoms with Crippen LogP contribution in [0.25, 0.3) is 0 Å². The highest BCUT2D eigenvalue weighted by Gasteiger charge is 2.21. The largest absolute Gasteiger partial charge is 0.488 e. The minimum absolute atomic E-state index is 0.0108. The minimum atomic E-state index is -0.690. The molecule has 0 bridgehead atoms. The van der Waals surface area contributed by atoms with E-state index in [4.69, 9.17) is 20.9 Å². The Labute approximate surface area is 170 Å². The maximum absolute atomic E-state index is 14.6. The highest BCUT2D eigenvalue weighted by Crippen LogP contribution is 2.22. The number of primary amides is 2. The van der Waals surface area contributed by atoms with Gasteiger partial charge in [-0.1, -0.05) is 12.1 Å². The van der Waals surface area contributed by atoms with E-state index in [9.17, 15) is 18.8 Å². The molecule has 0 aliphatic rings. The van der Waals surface area contributed by atoms with Crippen molar-refractivity contribution in [3.63, 3.8) is 0 Å². The smallest absolute Gasteiger partial charge is 0.407 e. The van der Waals surface area contributed by atoms with Gasteiger partial charge in [0.25, 0.3) is 0 Å². The second-order valence-corrected chi connectivity index (χ2v) is 7.71. The van der Waals surface area contributed by atoms with Crippen LogP contribution in [0.3, 0.4) is 0 Å². The lowest BCUT2D eigenvalue weighted by Crippen LogP contribution is -2.42. The third-order valence-corrected chi connectivity index (χ3v) is 3.81. The summed E-state index contributed by atoms with van der Waals surface area (Å²) in [6.45, 7) is 5.09. The van der Waals surface area contributed by atoms with E-state index in [1.54, 1.807) is 32.9 Å². The summed E-state index contributed by atoms with van der Waals surface area (Å²) in [6, 6.07) is 4.10. The number of amides is 3. The summed E-state index contributed by atoms with van der Waals surface area (Å²) in [7, 11) is 0. The predicted octanol–water partition coefficient (Wildman–Crippen LogP) is 2.17. The Morgan fingerprint density at radius 3 is 2.38 bits per heavy atom. The standard InChI is InChI=1S/C20H30FN3O5/c1-20(2,3)29-19(27)24-14(10-11-17(23)26)12-28-15-8-4-6-13(18(15)21)7-5-9-16(22)25/h4,6,8,14H,5,7,9-12H2,1-3H3,(H2,22,25)(H2,23,26)(H,24,27)/t14-/m0/s1. The predicted molar refractivity (Wildman–Crippen MR) is 106 cm³/mol. The molecule has 162 valence electrons. The summed E-state index contributed by atoms with van der Waals surface area (Å²) in [5, 5.41) is 2.61. The Morgan fingerprint density at radius 1 is 1.14 bits per heavy atom. The summed E-state index contributed by atoms with van der Waals surface area (Å²) < 4.78 is 25.4. The van der Waals surface area contributed by atoms with Crippen LogP contribution in [0.15, 0.2) is 18.2 Å². The first-order valence-electron chi connectivity index (χ1n) is 9.44. The van der Waals surface area contributed by atoms with E-state index >= 15 is 0 Å². The molecule has 9 heteroatoms. The lowest BCUT2D eigenvalue weighted by atomic mass is 10.1. The summed E-state index contributed by atoms with van der Waals surface area (Å²) >= 11 is 0. The third-order valence-electron chi connectivity index (χ3n) is 3.81. The molecule has 3 amide bonds. The van der Waals surface area contributed by atoms with Crippen molar-refractivity contribution < 1.29 is 28.2 Å². The van der Waals surface area contributed by atoms with E-state index in [-0.39, 0.29) is 31.6 Å². The van der Waals surface area contributed by atoms with E-state index in [1.807, 2.05) is 0 Å². The monoisotopic (exact) mass is 411 g/mol. The van der Waals surface area contributed by atoms with E-state index in [1.165, 1.54) is 6.07 Å². The van der Waals surface area contributed by atoms with Gasteiger partial charge in [0.05, 0.1) is 6.04 Å². The van der Waals surface area contributed by atoms with Gasteiger partial charge in [-0.05, 0) is 51.7 Å². The molecule has 1 aromatic rings. The summed E-state index contributed by atoms with van der Waals surface area (Å²) in [5.74, 6) is -1.49. The number of aryl methyl sites for hydroxylation is 1. The molecule has 0 unspecified atom stereocenters. The zero-order valence-electron chi connectivity index (χ0n) is 17.1. The molecule has 0 radical (unpaired) electrons. The molecule has 0 saturated carbocycles. The lowest BCUT2D eigenvalue weighted by Gasteiger charge is -2.24. The van der Waals surface area contributed by atoms with Gasteiger partial charge in [0.15, 0.2) is 11.6 Å². The van der Waals surface area contributed by atoms with Crippen LogP contribution in [0.2, 0.25) is 0 Å². The second kappa shape index (κ2) is 11.2. The number of alkyl carbamates (subject to hydrolysis) is 1. The first-order chi connectivity index (χ1) is 13.5. The third kappa shape index (κ3) is 10.3. The first-order valence-corrected chi connectivity index (χ1v) is 9.44. The maximum atomic E-state index is 14.6. The zero-order chi connectivity index (χ0) is 22.0. The van der Waals surface area contributed by atoms with Gasteiger partial charge in [-0.25, -0.2) is 9.18 Å². The Kier molecular flexibility index (Phi) is 9.37. The number of hydrogen-bond donors (Lipinski definition) is 3. The summed E-state index contributed by atoms with van der Waals surface area (Å²) in [5.41, 5.74) is 9.98. The number of rotatable bonds is 11. The van der Waals surface area contributed by atoms with Gasteiger partial charge in [-0.2, -0.15) is 0 Å². The Balaban J connectivity index is 2.75. The molecule has 5 N–H and O–H groups in total. The fourth-order valence-corrected chi connectivity index (χ4v) is 2.49. The topological polar surface area (TPSA) is 134 Å². The van der Waals surface area contributed by atoms with Gasteiger partial charge in [0.1, 0.15) is 12.2 Å². The molecule has 0 aromatic heterocycles. The molecular formula is C20H30FN3O5. The molecule has 1 atom stereocenters. The molecule has 29 heavy (non-hydrogen) atoms. The van der Waals surface area contributed by atoms with Crippen LogP contribution in [-0.4, -0.2) is 36.2 Å². The Morgan fingerprint density at radius 2 is 1.79 bits per heavy atom. The van der Waals surface area contributed by atoms with Gasteiger partial charge in [0, 0.05) is 12.8 Å². The Bertz CT molecular complexity index is 719. The van der Waals surface area contributed by atoms with E-state index in [2.05, 4.69) is 5.32 Å². The van der Waals surface area contributed by atoms with Crippen molar-refractivity contribution in [2.24, 2.45) is 11.5 Å². The van der Waals surface area contributed by atoms with Gasteiger partial charge < -0.3 is 26.3 Å². The molecule has 0 fully saturated rings. The number of ether oxygens (including phenoxy) is 2. The lowest BCUT2D eigenvalue weighted by molar-refractivity contribution is -0.119.